The van der Waals surface area contributed by atoms with Crippen LogP contribution in [0.3, 0.4) is 0 Å². The number of nitrogens with zero attached hydrogens (tertiary/aromatic N) is 2. The summed E-state index contributed by atoms with van der Waals surface area (Å²) >= 11 is 0. The average Bonchev–Trinajstić information content (AvgIpc) is 2.47. The van der Waals surface area contributed by atoms with E-state index in [0.29, 0.717) is 17.8 Å². The van der Waals surface area contributed by atoms with Crippen LogP contribution in [0, 0.1) is 17.1 Å². The molecule has 2 rings (SSSR count). The SMILES string of the molecule is COc1cccc(CN(C)c2ccc(F)cc2C#N)c1. The first-order valence-corrected chi connectivity index (χ1v) is 6.17. The van der Waals surface area contributed by atoms with Gasteiger partial charge in [-0.3, -0.25) is 0 Å². The lowest BCUT2D eigenvalue weighted by Crippen LogP contribution is -2.17. The van der Waals surface area contributed by atoms with Crippen LogP contribution in [0.4, 0.5) is 10.1 Å². The molecule has 0 aliphatic carbocycles. The van der Waals surface area contributed by atoms with Crippen LogP contribution in [0.15, 0.2) is 42.5 Å². The number of ether oxygens (including phenoxy) is 1. The molecule has 0 bridgehead atoms. The fourth-order valence-electron chi connectivity index (χ4n) is 2.06. The molecule has 3 nitrogen and oxygen atoms in total. The molecule has 0 spiro atoms. The van der Waals surface area contributed by atoms with Crippen molar-refractivity contribution in [1.82, 2.24) is 0 Å². The lowest BCUT2D eigenvalue weighted by atomic mass is 10.1. The molecule has 0 heterocycles. The molecular weight excluding hydrogens is 255 g/mol. The van der Waals surface area contributed by atoms with Gasteiger partial charge in [-0.1, -0.05) is 12.1 Å². The summed E-state index contributed by atoms with van der Waals surface area (Å²) in [4.78, 5) is 1.91. The van der Waals surface area contributed by atoms with Gasteiger partial charge in [0, 0.05) is 13.6 Å². The van der Waals surface area contributed by atoms with E-state index in [1.807, 2.05) is 42.3 Å². The zero-order valence-electron chi connectivity index (χ0n) is 11.4. The number of hydrogen-bond acceptors (Lipinski definition) is 3. The third-order valence-electron chi connectivity index (χ3n) is 3.04. The van der Waals surface area contributed by atoms with Gasteiger partial charge < -0.3 is 9.64 Å². The number of benzene rings is 2. The summed E-state index contributed by atoms with van der Waals surface area (Å²) in [7, 11) is 3.49. The third-order valence-corrected chi connectivity index (χ3v) is 3.04. The summed E-state index contributed by atoms with van der Waals surface area (Å²) in [6.45, 7) is 0.609. The number of methoxy groups -OCH3 is 1. The van der Waals surface area contributed by atoms with E-state index in [4.69, 9.17) is 10.00 Å². The van der Waals surface area contributed by atoms with E-state index in [0.717, 1.165) is 11.3 Å². The Morgan fingerprint density at radius 3 is 2.75 bits per heavy atom. The van der Waals surface area contributed by atoms with Gasteiger partial charge in [0.05, 0.1) is 18.4 Å². The molecule has 0 aliphatic heterocycles. The number of anilines is 1. The highest BCUT2D eigenvalue weighted by atomic mass is 19.1. The molecule has 2 aromatic carbocycles. The van der Waals surface area contributed by atoms with Crippen molar-refractivity contribution in [2.75, 3.05) is 19.1 Å². The largest absolute Gasteiger partial charge is 0.497 e. The maximum atomic E-state index is 13.1. The number of halogens is 1. The number of hydrogen-bond donors (Lipinski definition) is 0. The van der Waals surface area contributed by atoms with Gasteiger partial charge in [0.2, 0.25) is 0 Å². The molecule has 0 fully saturated rings. The van der Waals surface area contributed by atoms with Crippen molar-refractivity contribution in [2.24, 2.45) is 0 Å². The molecule has 0 aliphatic rings. The Hall–Kier alpha value is -2.54. The predicted molar refractivity (Wildman–Crippen MR) is 76.2 cm³/mol. The fraction of sp³-hybridized carbons (Fsp3) is 0.188. The van der Waals surface area contributed by atoms with Crippen molar-refractivity contribution in [2.45, 2.75) is 6.54 Å². The number of rotatable bonds is 4. The fourth-order valence-corrected chi connectivity index (χ4v) is 2.06. The lowest BCUT2D eigenvalue weighted by molar-refractivity contribution is 0.414. The van der Waals surface area contributed by atoms with Crippen LogP contribution < -0.4 is 9.64 Å². The van der Waals surface area contributed by atoms with Crippen LogP contribution in [-0.2, 0) is 6.54 Å². The molecule has 0 saturated carbocycles. The van der Waals surface area contributed by atoms with Crippen molar-refractivity contribution in [1.29, 1.82) is 5.26 Å². The van der Waals surface area contributed by atoms with Crippen LogP contribution >= 0.6 is 0 Å². The Morgan fingerprint density at radius 2 is 2.05 bits per heavy atom. The monoisotopic (exact) mass is 270 g/mol. The molecule has 20 heavy (non-hydrogen) atoms. The van der Waals surface area contributed by atoms with Crippen LogP contribution in [0.5, 0.6) is 5.75 Å². The zero-order chi connectivity index (χ0) is 14.5. The quantitative estimate of drug-likeness (QED) is 0.855. The summed E-state index contributed by atoms with van der Waals surface area (Å²) in [5.41, 5.74) is 2.09. The van der Waals surface area contributed by atoms with E-state index < -0.39 is 5.82 Å². The molecule has 0 N–H and O–H groups in total. The topological polar surface area (TPSA) is 36.3 Å². The van der Waals surface area contributed by atoms with Gasteiger partial charge in [-0.05, 0) is 35.9 Å². The molecule has 4 heteroatoms. The molecule has 0 saturated heterocycles. The van der Waals surface area contributed by atoms with Crippen molar-refractivity contribution < 1.29 is 9.13 Å². The van der Waals surface area contributed by atoms with Gasteiger partial charge in [0.15, 0.2) is 0 Å². The van der Waals surface area contributed by atoms with Crippen LogP contribution in [0.1, 0.15) is 11.1 Å². The Labute approximate surface area is 117 Å². The minimum atomic E-state index is -0.403. The smallest absolute Gasteiger partial charge is 0.124 e. The Kier molecular flexibility index (Phi) is 4.21. The average molecular weight is 270 g/mol. The Balaban J connectivity index is 2.24. The second-order valence-corrected chi connectivity index (χ2v) is 4.48. The molecular formula is C16H15FN2O. The van der Waals surface area contributed by atoms with E-state index in [1.165, 1.54) is 12.1 Å². The van der Waals surface area contributed by atoms with E-state index in [2.05, 4.69) is 0 Å². The third kappa shape index (κ3) is 3.07. The molecule has 2 aromatic rings. The minimum Gasteiger partial charge on any atom is -0.497 e. The van der Waals surface area contributed by atoms with Crippen molar-refractivity contribution >= 4 is 5.69 Å². The molecule has 0 unspecified atom stereocenters. The summed E-state index contributed by atoms with van der Waals surface area (Å²) in [5.74, 6) is 0.385. The molecule has 102 valence electrons. The van der Waals surface area contributed by atoms with E-state index in [9.17, 15) is 4.39 Å². The summed E-state index contributed by atoms with van der Waals surface area (Å²) in [6.07, 6.45) is 0. The van der Waals surface area contributed by atoms with Crippen molar-refractivity contribution in [3.05, 3.63) is 59.4 Å². The maximum Gasteiger partial charge on any atom is 0.124 e. The van der Waals surface area contributed by atoms with Crippen LogP contribution in [-0.4, -0.2) is 14.2 Å². The number of nitriles is 1. The second-order valence-electron chi connectivity index (χ2n) is 4.48. The summed E-state index contributed by atoms with van der Waals surface area (Å²) in [6, 6.07) is 14.0. The first kappa shape index (κ1) is 13.9. The molecule has 0 aromatic heterocycles. The second kappa shape index (κ2) is 6.07. The first-order chi connectivity index (χ1) is 9.63. The van der Waals surface area contributed by atoms with Gasteiger partial charge in [-0.2, -0.15) is 5.26 Å². The summed E-state index contributed by atoms with van der Waals surface area (Å²) < 4.78 is 18.3. The van der Waals surface area contributed by atoms with Gasteiger partial charge >= 0.3 is 0 Å². The predicted octanol–water partition coefficient (Wildman–Crippen LogP) is 3.34. The van der Waals surface area contributed by atoms with Gasteiger partial charge in [0.1, 0.15) is 17.6 Å². The minimum absolute atomic E-state index is 0.329. The highest BCUT2D eigenvalue weighted by Crippen LogP contribution is 2.22. The van der Waals surface area contributed by atoms with E-state index in [-0.39, 0.29) is 0 Å². The van der Waals surface area contributed by atoms with Crippen LogP contribution in [0.2, 0.25) is 0 Å². The lowest BCUT2D eigenvalue weighted by Gasteiger charge is -2.21. The maximum absolute atomic E-state index is 13.1. The van der Waals surface area contributed by atoms with E-state index in [1.54, 1.807) is 13.2 Å². The highest BCUT2D eigenvalue weighted by molar-refractivity contribution is 5.59. The highest BCUT2D eigenvalue weighted by Gasteiger charge is 2.09. The summed E-state index contributed by atoms with van der Waals surface area (Å²) in [5, 5.41) is 9.08. The van der Waals surface area contributed by atoms with Gasteiger partial charge in [0.25, 0.3) is 0 Å². The molecule has 0 amide bonds. The standard InChI is InChI=1S/C16H15FN2O/c1-19(11-12-4-3-5-15(8-12)20-2)16-7-6-14(17)9-13(16)10-18/h3-9H,11H2,1-2H3. The Bertz CT molecular complexity index is 649. The van der Waals surface area contributed by atoms with Gasteiger partial charge in [-0.15, -0.1) is 0 Å². The zero-order valence-corrected chi connectivity index (χ0v) is 11.4. The first-order valence-electron chi connectivity index (χ1n) is 6.17. The van der Waals surface area contributed by atoms with Crippen LogP contribution in [0.25, 0.3) is 0 Å². The molecule has 0 radical (unpaired) electrons. The molecule has 0 atom stereocenters. The normalized spacial score (nSPS) is 9.90. The van der Waals surface area contributed by atoms with Crippen molar-refractivity contribution in [3.63, 3.8) is 0 Å². The van der Waals surface area contributed by atoms with Crippen molar-refractivity contribution in [3.8, 4) is 11.8 Å². The van der Waals surface area contributed by atoms with E-state index >= 15 is 0 Å². The Morgan fingerprint density at radius 1 is 1.25 bits per heavy atom. The van der Waals surface area contributed by atoms with Gasteiger partial charge in [-0.25, -0.2) is 4.39 Å².